The van der Waals surface area contributed by atoms with E-state index in [1.807, 2.05) is 0 Å². The fourth-order valence-electron chi connectivity index (χ4n) is 2.58. The Morgan fingerprint density at radius 1 is 0.933 bits per heavy atom. The largest absolute Gasteiger partial charge is 0.242 e. The molecule has 0 N–H and O–H groups in total. The van der Waals surface area contributed by atoms with Crippen LogP contribution in [0, 0.1) is 0 Å². The van der Waals surface area contributed by atoms with Crippen molar-refractivity contribution >= 4 is 0 Å². The number of rotatable bonds is 2. The van der Waals surface area contributed by atoms with Gasteiger partial charge in [-0.05, 0) is 24.3 Å². The zero-order valence-electron chi connectivity index (χ0n) is 9.10. The molecule has 2 saturated heterocycles. The van der Waals surface area contributed by atoms with Crippen molar-refractivity contribution in [1.29, 1.82) is 0 Å². The SMILES string of the molecule is c1ccc([C@H]2CCN(N3CCC3)C2)cc1. The summed E-state index contributed by atoms with van der Waals surface area (Å²) in [6, 6.07) is 10.9. The number of hydrazine groups is 1. The lowest BCUT2D eigenvalue weighted by Gasteiger charge is -2.38. The van der Waals surface area contributed by atoms with Gasteiger partial charge >= 0.3 is 0 Å². The van der Waals surface area contributed by atoms with Crippen LogP contribution in [0.1, 0.15) is 24.3 Å². The molecule has 2 heterocycles. The second kappa shape index (κ2) is 3.95. The Labute approximate surface area is 91.5 Å². The zero-order chi connectivity index (χ0) is 10.1. The van der Waals surface area contributed by atoms with Gasteiger partial charge in [-0.2, -0.15) is 0 Å². The van der Waals surface area contributed by atoms with Gasteiger partial charge in [0.25, 0.3) is 0 Å². The van der Waals surface area contributed by atoms with Gasteiger partial charge in [0.05, 0.1) is 0 Å². The molecule has 0 bridgehead atoms. The molecule has 15 heavy (non-hydrogen) atoms. The molecule has 3 rings (SSSR count). The second-order valence-electron chi connectivity index (χ2n) is 4.62. The molecule has 0 saturated carbocycles. The Hall–Kier alpha value is -0.860. The first-order valence-corrected chi connectivity index (χ1v) is 5.98. The molecule has 0 unspecified atom stereocenters. The first-order valence-electron chi connectivity index (χ1n) is 5.98. The van der Waals surface area contributed by atoms with Gasteiger partial charge in [-0.15, -0.1) is 0 Å². The normalized spacial score (nSPS) is 27.9. The first-order chi connectivity index (χ1) is 7.43. The van der Waals surface area contributed by atoms with Crippen LogP contribution in [0.5, 0.6) is 0 Å². The van der Waals surface area contributed by atoms with E-state index in [1.54, 1.807) is 0 Å². The average molecular weight is 202 g/mol. The molecule has 2 fully saturated rings. The summed E-state index contributed by atoms with van der Waals surface area (Å²) in [4.78, 5) is 0. The Morgan fingerprint density at radius 3 is 2.40 bits per heavy atom. The second-order valence-corrected chi connectivity index (χ2v) is 4.62. The van der Waals surface area contributed by atoms with Crippen LogP contribution in [-0.4, -0.2) is 36.2 Å². The molecule has 0 aliphatic carbocycles. The average Bonchev–Trinajstić information content (AvgIpc) is 2.66. The van der Waals surface area contributed by atoms with Gasteiger partial charge in [0.2, 0.25) is 0 Å². The van der Waals surface area contributed by atoms with E-state index in [2.05, 4.69) is 40.3 Å². The fourth-order valence-corrected chi connectivity index (χ4v) is 2.58. The number of benzene rings is 1. The van der Waals surface area contributed by atoms with E-state index in [-0.39, 0.29) is 0 Å². The molecular weight excluding hydrogens is 184 g/mol. The van der Waals surface area contributed by atoms with Crippen LogP contribution in [0.25, 0.3) is 0 Å². The quantitative estimate of drug-likeness (QED) is 0.724. The summed E-state index contributed by atoms with van der Waals surface area (Å²) >= 11 is 0. The first kappa shape index (κ1) is 9.37. The molecule has 0 amide bonds. The van der Waals surface area contributed by atoms with E-state index < -0.39 is 0 Å². The fraction of sp³-hybridized carbons (Fsp3) is 0.538. The highest BCUT2D eigenvalue weighted by atomic mass is 15.6. The topological polar surface area (TPSA) is 6.48 Å². The van der Waals surface area contributed by atoms with Gasteiger partial charge < -0.3 is 0 Å². The summed E-state index contributed by atoms with van der Waals surface area (Å²) in [5.74, 6) is 0.756. The Bertz CT molecular complexity index is 319. The number of nitrogens with zero attached hydrogens (tertiary/aromatic N) is 2. The Balaban J connectivity index is 1.65. The molecule has 1 aromatic rings. The minimum atomic E-state index is 0.756. The van der Waals surface area contributed by atoms with E-state index in [4.69, 9.17) is 0 Å². The van der Waals surface area contributed by atoms with Gasteiger partial charge in [0, 0.05) is 26.2 Å². The summed E-state index contributed by atoms with van der Waals surface area (Å²) in [5, 5.41) is 5.05. The number of hydrogen-bond donors (Lipinski definition) is 0. The van der Waals surface area contributed by atoms with Crippen molar-refractivity contribution in [2.24, 2.45) is 0 Å². The van der Waals surface area contributed by atoms with E-state index in [1.165, 1.54) is 44.6 Å². The van der Waals surface area contributed by atoms with Crippen LogP contribution in [-0.2, 0) is 0 Å². The van der Waals surface area contributed by atoms with E-state index in [9.17, 15) is 0 Å². The van der Waals surface area contributed by atoms with Crippen molar-refractivity contribution in [2.45, 2.75) is 18.8 Å². The van der Waals surface area contributed by atoms with Gasteiger partial charge in [-0.25, -0.2) is 10.0 Å². The third-order valence-corrected chi connectivity index (χ3v) is 3.67. The van der Waals surface area contributed by atoms with Crippen molar-refractivity contribution in [3.05, 3.63) is 35.9 Å². The van der Waals surface area contributed by atoms with Crippen LogP contribution in [0.3, 0.4) is 0 Å². The number of hydrogen-bond acceptors (Lipinski definition) is 2. The molecule has 2 aliphatic heterocycles. The lowest BCUT2D eigenvalue weighted by molar-refractivity contribution is -0.0549. The van der Waals surface area contributed by atoms with E-state index in [0.29, 0.717) is 0 Å². The summed E-state index contributed by atoms with van der Waals surface area (Å²) < 4.78 is 0. The van der Waals surface area contributed by atoms with Gasteiger partial charge in [-0.1, -0.05) is 30.3 Å². The third-order valence-electron chi connectivity index (χ3n) is 3.67. The summed E-state index contributed by atoms with van der Waals surface area (Å²) in [6.45, 7) is 5.03. The van der Waals surface area contributed by atoms with E-state index >= 15 is 0 Å². The highest BCUT2D eigenvalue weighted by molar-refractivity contribution is 5.20. The van der Waals surface area contributed by atoms with Crippen LogP contribution in [0.2, 0.25) is 0 Å². The molecule has 1 aromatic carbocycles. The lowest BCUT2D eigenvalue weighted by Crippen LogP contribution is -2.49. The van der Waals surface area contributed by atoms with Crippen LogP contribution < -0.4 is 0 Å². The van der Waals surface area contributed by atoms with E-state index in [0.717, 1.165) is 5.92 Å². The third kappa shape index (κ3) is 1.80. The smallest absolute Gasteiger partial charge is 0.0202 e. The van der Waals surface area contributed by atoms with Crippen molar-refractivity contribution in [3.8, 4) is 0 Å². The van der Waals surface area contributed by atoms with Gasteiger partial charge in [0.15, 0.2) is 0 Å². The lowest BCUT2D eigenvalue weighted by atomic mass is 9.99. The monoisotopic (exact) mass is 202 g/mol. The highest BCUT2D eigenvalue weighted by Crippen LogP contribution is 2.29. The van der Waals surface area contributed by atoms with Crippen molar-refractivity contribution < 1.29 is 0 Å². The molecule has 0 radical (unpaired) electrons. The predicted octanol–water partition coefficient (Wildman–Crippen LogP) is 2.10. The molecule has 80 valence electrons. The van der Waals surface area contributed by atoms with Crippen molar-refractivity contribution in [1.82, 2.24) is 10.0 Å². The minimum absolute atomic E-state index is 0.756. The molecular formula is C13H18N2. The molecule has 0 aromatic heterocycles. The maximum absolute atomic E-state index is 2.54. The molecule has 2 aliphatic rings. The molecule has 1 atom stereocenters. The van der Waals surface area contributed by atoms with Crippen LogP contribution in [0.15, 0.2) is 30.3 Å². The molecule has 2 heteroatoms. The maximum atomic E-state index is 2.54. The molecule has 2 nitrogen and oxygen atoms in total. The minimum Gasteiger partial charge on any atom is -0.242 e. The maximum Gasteiger partial charge on any atom is 0.0202 e. The van der Waals surface area contributed by atoms with Crippen molar-refractivity contribution in [3.63, 3.8) is 0 Å². The highest BCUT2D eigenvalue weighted by Gasteiger charge is 2.30. The molecule has 0 spiro atoms. The van der Waals surface area contributed by atoms with Crippen LogP contribution in [0.4, 0.5) is 0 Å². The summed E-state index contributed by atoms with van der Waals surface area (Å²) in [7, 11) is 0. The predicted molar refractivity (Wildman–Crippen MR) is 61.6 cm³/mol. The summed E-state index contributed by atoms with van der Waals surface area (Å²) in [5.41, 5.74) is 1.51. The van der Waals surface area contributed by atoms with Crippen LogP contribution >= 0.6 is 0 Å². The van der Waals surface area contributed by atoms with Gasteiger partial charge in [-0.3, -0.25) is 0 Å². The Morgan fingerprint density at radius 2 is 1.73 bits per heavy atom. The Kier molecular flexibility index (Phi) is 2.47. The summed E-state index contributed by atoms with van der Waals surface area (Å²) in [6.07, 6.45) is 2.70. The zero-order valence-corrected chi connectivity index (χ0v) is 9.10. The van der Waals surface area contributed by atoms with Gasteiger partial charge in [0.1, 0.15) is 0 Å². The van der Waals surface area contributed by atoms with Crippen molar-refractivity contribution in [2.75, 3.05) is 26.2 Å². The standard InChI is InChI=1S/C13H18N2/c1-2-5-12(6-3-1)13-7-10-15(11-13)14-8-4-9-14/h1-3,5-6,13H,4,7-11H2/t13-/m0/s1.